The van der Waals surface area contributed by atoms with Crippen LogP contribution in [0.25, 0.3) is 30.4 Å². The monoisotopic (exact) mass is 966 g/mol. The van der Waals surface area contributed by atoms with Crippen molar-refractivity contribution < 1.29 is 65.0 Å². The van der Waals surface area contributed by atoms with Gasteiger partial charge in [-0.3, -0.25) is 24.9 Å². The van der Waals surface area contributed by atoms with Crippen LogP contribution in [-0.2, 0) is 61.6 Å². The molecule has 0 spiro atoms. The van der Waals surface area contributed by atoms with Gasteiger partial charge in [0.1, 0.15) is 11.5 Å². The molecular formula is C55H63ClO13. The molecule has 0 aromatic heterocycles. The molecule has 0 saturated heterocycles. The lowest BCUT2D eigenvalue weighted by molar-refractivity contribution is -0.241. The highest BCUT2D eigenvalue weighted by molar-refractivity contribution is 6.05. The Hall–Kier alpha value is -6.75. The molecule has 7 N–H and O–H groups in total. The van der Waals surface area contributed by atoms with Crippen LogP contribution in [0.5, 0.6) is 5.75 Å². The normalized spacial score (nSPS) is 10.6. The molecule has 5 aromatic rings. The topological polar surface area (TPSA) is 228 Å². The van der Waals surface area contributed by atoms with E-state index in [2.05, 4.69) is 9.78 Å². The maximum atomic E-state index is 11.9. The fourth-order valence-corrected chi connectivity index (χ4v) is 5.59. The summed E-state index contributed by atoms with van der Waals surface area (Å²) in [5, 5.41) is 60.9. The van der Waals surface area contributed by atoms with Gasteiger partial charge in [-0.15, -0.1) is 12.4 Å². The van der Waals surface area contributed by atoms with E-state index in [9.17, 15) is 34.5 Å². The summed E-state index contributed by atoms with van der Waals surface area (Å²) in [6.07, 6.45) is 17.1. The van der Waals surface area contributed by atoms with Crippen LogP contribution in [0.2, 0.25) is 0 Å². The number of phenols is 1. The van der Waals surface area contributed by atoms with Crippen molar-refractivity contribution in [1.82, 2.24) is 0 Å². The predicted molar refractivity (Wildman–Crippen MR) is 274 cm³/mol. The summed E-state index contributed by atoms with van der Waals surface area (Å²) in [5.74, 6) is -0.0436. The molecule has 13 nitrogen and oxygen atoms in total. The lowest BCUT2D eigenvalue weighted by Crippen LogP contribution is -2.00. The van der Waals surface area contributed by atoms with E-state index in [0.717, 1.165) is 57.2 Å². The van der Waals surface area contributed by atoms with Crippen molar-refractivity contribution in [3.05, 3.63) is 201 Å². The van der Waals surface area contributed by atoms with E-state index in [4.69, 9.17) is 20.7 Å². The molecule has 0 aliphatic heterocycles. The summed E-state index contributed by atoms with van der Waals surface area (Å²) in [4.78, 5) is 52.0. The zero-order valence-corrected chi connectivity index (χ0v) is 40.0. The molecule has 368 valence electrons. The number of hydrogen-bond acceptors (Lipinski definition) is 13. The van der Waals surface area contributed by atoms with Crippen LogP contribution in [0.15, 0.2) is 146 Å². The Morgan fingerprint density at radius 1 is 0.449 bits per heavy atom. The third-order valence-electron chi connectivity index (χ3n) is 8.87. The third kappa shape index (κ3) is 28.2. The lowest BCUT2D eigenvalue weighted by Gasteiger charge is -2.07. The zero-order valence-electron chi connectivity index (χ0n) is 39.2. The number of rotatable bonds is 19. The van der Waals surface area contributed by atoms with Crippen molar-refractivity contribution in [1.29, 1.82) is 0 Å². The quantitative estimate of drug-likeness (QED) is 0.0233. The second-order valence-electron chi connectivity index (χ2n) is 14.4. The minimum Gasteiger partial charge on any atom is -0.508 e. The molecule has 14 heteroatoms. The average molecular weight is 968 g/mol. The van der Waals surface area contributed by atoms with Gasteiger partial charge in [0.15, 0.2) is 17.3 Å². The lowest BCUT2D eigenvalue weighted by atomic mass is 10.0. The number of allylic oxidation sites excluding steroid dienone is 5. The standard InChI is InChI=1S/C20H20O4.C18H16O3.C13H16O4.C3H6O.CH4O.ClH/c21-15-19-14-17(6-9-18(19)12-13-24-23)8-11-20(22)10-7-16-4-2-1-3-5-16;19-13-16-12-15(8-11-18(16)21)7-10-17(20)9-6-14-4-2-1-3-5-14;1-10(15)2-3-11-4-5-12(6-7-17-16)13(8-11)9-14;1-3(2)4;1-2;/h1-11,14,21,23H,12-13,15H2;1-12,19,21H,13H2;2-5,8,14,16H,6-7,9H2,1H3;1-2H3;2H,1H3;1H/b10-7+,11-8+;9-6+,10-7+;3-2+;;;. The molecular weight excluding hydrogens is 904 g/mol. The number of carbonyl (C=O) groups is 4. The number of benzene rings is 5. The van der Waals surface area contributed by atoms with E-state index >= 15 is 0 Å². The second-order valence-corrected chi connectivity index (χ2v) is 14.4. The van der Waals surface area contributed by atoms with E-state index in [0.29, 0.717) is 18.4 Å². The Morgan fingerprint density at radius 2 is 0.768 bits per heavy atom. The highest BCUT2D eigenvalue weighted by atomic mass is 35.5. The summed E-state index contributed by atoms with van der Waals surface area (Å²) in [6.45, 7) is 4.47. The van der Waals surface area contributed by atoms with E-state index in [1.807, 2.05) is 97.1 Å². The molecule has 0 unspecified atom stereocenters. The fourth-order valence-electron chi connectivity index (χ4n) is 5.59. The largest absolute Gasteiger partial charge is 0.508 e. The third-order valence-corrected chi connectivity index (χ3v) is 8.87. The van der Waals surface area contributed by atoms with Crippen molar-refractivity contribution in [3.63, 3.8) is 0 Å². The fraction of sp³-hybridized carbons (Fsp3) is 0.200. The van der Waals surface area contributed by atoms with Crippen LogP contribution >= 0.6 is 12.4 Å². The minimum atomic E-state index is -0.241. The van der Waals surface area contributed by atoms with Gasteiger partial charge in [0, 0.05) is 12.7 Å². The summed E-state index contributed by atoms with van der Waals surface area (Å²) >= 11 is 0. The van der Waals surface area contributed by atoms with Crippen LogP contribution in [0.1, 0.15) is 76.4 Å². The van der Waals surface area contributed by atoms with Crippen LogP contribution < -0.4 is 0 Å². The molecule has 5 aromatic carbocycles. The Bertz CT molecular complexity index is 2420. The maximum absolute atomic E-state index is 11.9. The number of Topliss-reactive ketones (excluding diaryl/α,β-unsaturated/α-hetero) is 1. The van der Waals surface area contributed by atoms with Crippen LogP contribution in [-0.4, -0.2) is 79.5 Å². The molecule has 0 saturated carbocycles. The Labute approximate surface area is 410 Å². The molecule has 0 atom stereocenters. The summed E-state index contributed by atoms with van der Waals surface area (Å²) in [6, 6.07) is 35.0. The zero-order chi connectivity index (χ0) is 50.5. The number of ketones is 4. The number of aliphatic hydroxyl groups excluding tert-OH is 4. The van der Waals surface area contributed by atoms with E-state index in [1.54, 1.807) is 42.5 Å². The van der Waals surface area contributed by atoms with Gasteiger partial charge in [-0.25, -0.2) is 9.78 Å². The highest BCUT2D eigenvalue weighted by Crippen LogP contribution is 2.20. The predicted octanol–water partition coefficient (Wildman–Crippen LogP) is 9.13. The molecule has 0 amide bonds. The van der Waals surface area contributed by atoms with Crippen LogP contribution in [0, 0.1) is 0 Å². The first-order valence-electron chi connectivity index (χ1n) is 21.2. The van der Waals surface area contributed by atoms with Gasteiger partial charge in [0.25, 0.3) is 0 Å². The van der Waals surface area contributed by atoms with Gasteiger partial charge in [-0.05, 0) is 138 Å². The number of hydrogen-bond donors (Lipinski definition) is 7. The highest BCUT2D eigenvalue weighted by Gasteiger charge is 2.05. The molecule has 0 bridgehead atoms. The number of aromatic hydroxyl groups is 1. The Balaban J connectivity index is 0.000000953. The van der Waals surface area contributed by atoms with Crippen molar-refractivity contribution in [2.45, 2.75) is 53.4 Å². The number of halogens is 1. The molecule has 0 heterocycles. The van der Waals surface area contributed by atoms with Gasteiger partial charge in [0.2, 0.25) is 0 Å². The molecule has 0 radical (unpaired) electrons. The van der Waals surface area contributed by atoms with Crippen molar-refractivity contribution in [2.24, 2.45) is 0 Å². The molecule has 0 fully saturated rings. The van der Waals surface area contributed by atoms with Gasteiger partial charge in [-0.2, -0.15) is 0 Å². The van der Waals surface area contributed by atoms with E-state index in [-0.39, 0.29) is 74.3 Å². The molecule has 0 aliphatic carbocycles. The van der Waals surface area contributed by atoms with Crippen LogP contribution in [0.3, 0.4) is 0 Å². The Morgan fingerprint density at radius 3 is 1.10 bits per heavy atom. The van der Waals surface area contributed by atoms with Crippen molar-refractivity contribution >= 4 is 65.9 Å². The van der Waals surface area contributed by atoms with E-state index in [1.165, 1.54) is 57.2 Å². The first kappa shape index (κ1) is 62.2. The maximum Gasteiger partial charge on any atom is 0.178 e. The first-order valence-corrected chi connectivity index (χ1v) is 21.2. The summed E-state index contributed by atoms with van der Waals surface area (Å²) in [5.41, 5.74) is 8.15. The van der Waals surface area contributed by atoms with Gasteiger partial charge >= 0.3 is 0 Å². The SMILES string of the molecule is CC(=O)/C=C/c1ccc(CCOO)c(CO)c1.CC(C)=O.CO.Cl.O=C(/C=C/c1ccccc1)/C=C/c1ccc(CCOO)c(CO)c1.O=C(/C=C/c1ccccc1)/C=C/c1ccc(O)c(CO)c1. The molecule has 69 heavy (non-hydrogen) atoms. The number of carbonyl (C=O) groups excluding carboxylic acids is 4. The summed E-state index contributed by atoms with van der Waals surface area (Å²) < 4.78 is 0. The second kappa shape index (κ2) is 38.2. The van der Waals surface area contributed by atoms with Gasteiger partial charge < -0.3 is 30.3 Å². The van der Waals surface area contributed by atoms with Gasteiger partial charge in [-0.1, -0.05) is 121 Å². The first-order chi connectivity index (χ1) is 32.8. The van der Waals surface area contributed by atoms with Crippen molar-refractivity contribution in [2.75, 3.05) is 20.3 Å². The van der Waals surface area contributed by atoms with E-state index < -0.39 is 0 Å². The average Bonchev–Trinajstić information content (AvgIpc) is 3.36. The minimum absolute atomic E-state index is 0. The van der Waals surface area contributed by atoms with Gasteiger partial charge in [0.05, 0.1) is 33.0 Å². The molecule has 0 aliphatic rings. The molecule has 5 rings (SSSR count). The van der Waals surface area contributed by atoms with Crippen molar-refractivity contribution in [3.8, 4) is 5.75 Å². The Kier molecular flexibility index (Phi) is 34.5. The smallest absolute Gasteiger partial charge is 0.178 e. The van der Waals surface area contributed by atoms with Crippen LogP contribution in [0.4, 0.5) is 0 Å². The number of aliphatic hydroxyl groups is 4. The summed E-state index contributed by atoms with van der Waals surface area (Å²) in [7, 11) is 1.00.